The summed E-state index contributed by atoms with van der Waals surface area (Å²) in [6.45, 7) is 2.09. The highest BCUT2D eigenvalue weighted by Crippen LogP contribution is 2.23. The molecule has 1 unspecified atom stereocenters. The van der Waals surface area contributed by atoms with Crippen molar-refractivity contribution in [1.82, 2.24) is 4.90 Å². The molecule has 136 valence electrons. The van der Waals surface area contributed by atoms with E-state index in [4.69, 9.17) is 22.1 Å². The molecule has 3 rings (SSSR count). The van der Waals surface area contributed by atoms with Gasteiger partial charge in [0.15, 0.2) is 6.23 Å². The molecular formula is C22H25ClN2O. The largest absolute Gasteiger partial charge is 0.475 e. The Balaban J connectivity index is 1.48. The van der Waals surface area contributed by atoms with Crippen LogP contribution in [0.25, 0.3) is 0 Å². The van der Waals surface area contributed by atoms with Gasteiger partial charge in [0.25, 0.3) is 0 Å². The Labute approximate surface area is 161 Å². The maximum absolute atomic E-state index is 6.18. The number of piperidine rings is 1. The van der Waals surface area contributed by atoms with Crippen molar-refractivity contribution in [2.24, 2.45) is 0 Å². The summed E-state index contributed by atoms with van der Waals surface area (Å²) in [6.07, 6.45) is 5.57. The van der Waals surface area contributed by atoms with Gasteiger partial charge in [0.2, 0.25) is 0 Å². The number of anilines is 1. The molecule has 0 radical (unpaired) electrons. The summed E-state index contributed by atoms with van der Waals surface area (Å²) in [5.41, 5.74) is 7.51. The number of ether oxygens (including phenoxy) is 1. The second-order valence-corrected chi connectivity index (χ2v) is 7.03. The van der Waals surface area contributed by atoms with Crippen LogP contribution >= 0.6 is 11.6 Å². The number of nitrogens with zero attached hydrogens (tertiary/aromatic N) is 1. The number of nitrogens with two attached hydrogens (primary N) is 1. The number of rotatable bonds is 5. The van der Waals surface area contributed by atoms with Gasteiger partial charge in [-0.25, -0.2) is 0 Å². The molecule has 0 saturated carbocycles. The van der Waals surface area contributed by atoms with Crippen LogP contribution in [-0.4, -0.2) is 24.2 Å². The highest BCUT2D eigenvalue weighted by molar-refractivity contribution is 6.30. The molecule has 1 saturated heterocycles. The smallest absolute Gasteiger partial charge is 0.152 e. The topological polar surface area (TPSA) is 38.5 Å². The fraction of sp³-hybridized carbons (Fsp3) is 0.364. The summed E-state index contributed by atoms with van der Waals surface area (Å²) in [5.74, 6) is 7.32. The number of unbranched alkanes of at least 4 members (excludes halogenated alkanes) is 1. The first-order valence-corrected chi connectivity index (χ1v) is 9.59. The highest BCUT2D eigenvalue weighted by Gasteiger charge is 2.23. The molecule has 0 aromatic heterocycles. The van der Waals surface area contributed by atoms with E-state index in [2.05, 4.69) is 16.7 Å². The molecule has 0 aliphatic carbocycles. The van der Waals surface area contributed by atoms with Crippen molar-refractivity contribution in [3.63, 3.8) is 0 Å². The highest BCUT2D eigenvalue weighted by atomic mass is 35.5. The van der Waals surface area contributed by atoms with Crippen molar-refractivity contribution in [3.05, 3.63) is 59.1 Å². The molecule has 1 heterocycles. The minimum absolute atomic E-state index is 0.145. The normalized spacial score (nSPS) is 17.3. The van der Waals surface area contributed by atoms with Gasteiger partial charge in [0.1, 0.15) is 5.75 Å². The monoisotopic (exact) mass is 368 g/mol. The number of likely N-dealkylation sites (tertiary alicyclic amines) is 1. The molecule has 1 fully saturated rings. The van der Waals surface area contributed by atoms with Crippen LogP contribution in [0.2, 0.25) is 5.02 Å². The van der Waals surface area contributed by atoms with Crippen molar-refractivity contribution in [2.45, 2.75) is 38.3 Å². The third-order valence-corrected chi connectivity index (χ3v) is 4.76. The summed E-state index contributed by atoms with van der Waals surface area (Å²) < 4.78 is 6.18. The number of hydrogen-bond donors (Lipinski definition) is 1. The van der Waals surface area contributed by atoms with Crippen LogP contribution in [0, 0.1) is 11.8 Å². The van der Waals surface area contributed by atoms with Crippen LogP contribution < -0.4 is 10.5 Å². The average Bonchev–Trinajstić information content (AvgIpc) is 2.65. The molecule has 26 heavy (non-hydrogen) atoms. The molecule has 2 aromatic rings. The van der Waals surface area contributed by atoms with E-state index in [1.165, 1.54) is 12.8 Å². The minimum atomic E-state index is 0.145. The molecule has 0 amide bonds. The number of halogens is 1. The third-order valence-electron chi connectivity index (χ3n) is 4.51. The Kier molecular flexibility index (Phi) is 6.82. The molecule has 4 heteroatoms. The van der Waals surface area contributed by atoms with Crippen LogP contribution in [0.5, 0.6) is 5.75 Å². The van der Waals surface area contributed by atoms with Crippen LogP contribution in [0.4, 0.5) is 5.69 Å². The van der Waals surface area contributed by atoms with Gasteiger partial charge in [-0.3, -0.25) is 4.90 Å². The summed E-state index contributed by atoms with van der Waals surface area (Å²) in [6, 6.07) is 15.3. The van der Waals surface area contributed by atoms with Crippen molar-refractivity contribution < 1.29 is 4.74 Å². The Morgan fingerprint density at radius 1 is 1.15 bits per heavy atom. The molecule has 0 bridgehead atoms. The lowest BCUT2D eigenvalue weighted by molar-refractivity contribution is -0.00413. The SMILES string of the molecule is Nc1cccc(C#CCCCN2CCCCC2Oc2ccc(Cl)cc2)c1. The zero-order valence-electron chi connectivity index (χ0n) is 15.0. The molecular weight excluding hydrogens is 344 g/mol. The maximum Gasteiger partial charge on any atom is 0.152 e. The number of benzene rings is 2. The Morgan fingerprint density at radius 3 is 2.81 bits per heavy atom. The van der Waals surface area contributed by atoms with Gasteiger partial charge in [0, 0.05) is 35.8 Å². The Morgan fingerprint density at radius 2 is 2.00 bits per heavy atom. The second kappa shape index (κ2) is 9.52. The van der Waals surface area contributed by atoms with Crippen molar-refractivity contribution >= 4 is 17.3 Å². The fourth-order valence-electron chi connectivity index (χ4n) is 3.17. The van der Waals surface area contributed by atoms with Gasteiger partial charge in [-0.05, 0) is 68.1 Å². The van der Waals surface area contributed by atoms with E-state index < -0.39 is 0 Å². The first kappa shape index (κ1) is 18.6. The molecule has 1 aliphatic heterocycles. The van der Waals surface area contributed by atoms with E-state index in [1.54, 1.807) is 0 Å². The number of nitrogen functional groups attached to an aromatic ring is 1. The second-order valence-electron chi connectivity index (χ2n) is 6.59. The molecule has 3 nitrogen and oxygen atoms in total. The summed E-state index contributed by atoms with van der Waals surface area (Å²) >= 11 is 5.95. The van der Waals surface area contributed by atoms with Gasteiger partial charge >= 0.3 is 0 Å². The Bertz CT molecular complexity index is 764. The van der Waals surface area contributed by atoms with Crippen LogP contribution in [0.3, 0.4) is 0 Å². The van der Waals surface area contributed by atoms with E-state index >= 15 is 0 Å². The van der Waals surface area contributed by atoms with Crippen LogP contribution in [0.15, 0.2) is 48.5 Å². The van der Waals surface area contributed by atoms with Crippen LogP contribution in [-0.2, 0) is 0 Å². The molecule has 2 aromatic carbocycles. The molecule has 0 spiro atoms. The lowest BCUT2D eigenvalue weighted by atomic mass is 10.1. The lowest BCUT2D eigenvalue weighted by Crippen LogP contribution is -2.43. The average molecular weight is 369 g/mol. The standard InChI is InChI=1S/C22H25ClN2O/c23-19-11-13-21(14-12-19)26-22-10-3-5-16-25(22)15-4-1-2-7-18-8-6-9-20(24)17-18/h6,8-9,11-14,17,22H,1,3-5,10,15-16,24H2. The van der Waals surface area contributed by atoms with Gasteiger partial charge in [-0.2, -0.15) is 0 Å². The predicted octanol–water partition coefficient (Wildman–Crippen LogP) is 4.94. The van der Waals surface area contributed by atoms with Gasteiger partial charge in [-0.1, -0.05) is 29.5 Å². The van der Waals surface area contributed by atoms with Crippen molar-refractivity contribution in [2.75, 3.05) is 18.8 Å². The van der Waals surface area contributed by atoms with E-state index in [-0.39, 0.29) is 6.23 Å². The first-order chi connectivity index (χ1) is 12.7. The fourth-order valence-corrected chi connectivity index (χ4v) is 3.30. The van der Waals surface area contributed by atoms with Gasteiger partial charge in [0.05, 0.1) is 0 Å². The van der Waals surface area contributed by atoms with E-state index in [1.807, 2.05) is 48.5 Å². The quantitative estimate of drug-likeness (QED) is 0.461. The van der Waals surface area contributed by atoms with Crippen molar-refractivity contribution in [3.8, 4) is 17.6 Å². The summed E-state index contributed by atoms with van der Waals surface area (Å²) in [5, 5.41) is 0.733. The first-order valence-electron chi connectivity index (χ1n) is 9.21. The third kappa shape index (κ3) is 5.69. The molecule has 1 atom stereocenters. The van der Waals surface area contributed by atoms with E-state index in [0.717, 1.165) is 54.4 Å². The number of hydrogen-bond acceptors (Lipinski definition) is 3. The zero-order chi connectivity index (χ0) is 18.2. The molecule has 2 N–H and O–H groups in total. The van der Waals surface area contributed by atoms with Crippen molar-refractivity contribution in [1.29, 1.82) is 0 Å². The predicted molar refractivity (Wildman–Crippen MR) is 108 cm³/mol. The minimum Gasteiger partial charge on any atom is -0.475 e. The lowest BCUT2D eigenvalue weighted by Gasteiger charge is -2.35. The van der Waals surface area contributed by atoms with Gasteiger partial charge in [-0.15, -0.1) is 0 Å². The van der Waals surface area contributed by atoms with E-state index in [0.29, 0.717) is 0 Å². The zero-order valence-corrected chi connectivity index (χ0v) is 15.7. The Hall–Kier alpha value is -2.15. The van der Waals surface area contributed by atoms with E-state index in [9.17, 15) is 0 Å². The summed E-state index contributed by atoms with van der Waals surface area (Å²) in [4.78, 5) is 2.43. The van der Waals surface area contributed by atoms with Gasteiger partial charge < -0.3 is 10.5 Å². The maximum atomic E-state index is 6.18. The summed E-state index contributed by atoms with van der Waals surface area (Å²) in [7, 11) is 0. The molecule has 1 aliphatic rings. The van der Waals surface area contributed by atoms with Crippen LogP contribution in [0.1, 0.15) is 37.7 Å².